The molecule has 10 aromatic rings. The van der Waals surface area contributed by atoms with Gasteiger partial charge in [0.15, 0.2) is 0 Å². The average Bonchev–Trinajstić information content (AvgIpc) is 3.78. The Morgan fingerprint density at radius 2 is 0.948 bits per heavy atom. The molecule has 0 unspecified atom stereocenters. The molecule has 0 fully saturated rings. The van der Waals surface area contributed by atoms with Crippen LogP contribution in [0.25, 0.3) is 49.7 Å². The Kier molecular flexibility index (Phi) is 7.14. The molecule has 0 saturated heterocycles. The van der Waals surface area contributed by atoms with E-state index in [1.165, 1.54) is 49.6 Å². The molecule has 1 aromatic heterocycles. The second-order valence-corrected chi connectivity index (χ2v) is 15.2. The summed E-state index contributed by atoms with van der Waals surface area (Å²) in [4.78, 5) is 2.40. The van der Waals surface area contributed by atoms with Crippen molar-refractivity contribution in [2.75, 3.05) is 4.90 Å². The number of ether oxygens (including phenoxy) is 1. The molecular weight excluding hydrogens is 705 g/mol. The quantitative estimate of drug-likeness (QED) is 0.175. The Balaban J connectivity index is 1.10. The molecule has 272 valence electrons. The maximum Gasteiger partial charge on any atom is 0.140 e. The minimum absolute atomic E-state index is 0.542. The van der Waals surface area contributed by atoms with Gasteiger partial charge >= 0.3 is 0 Å². The summed E-state index contributed by atoms with van der Waals surface area (Å²) in [7, 11) is 0. The van der Waals surface area contributed by atoms with E-state index in [2.05, 4.69) is 228 Å². The highest BCUT2D eigenvalue weighted by Gasteiger charge is 2.51. The zero-order valence-electron chi connectivity index (χ0n) is 31.6. The minimum atomic E-state index is -0.542. The number of hydrogen-bond donors (Lipinski definition) is 0. The van der Waals surface area contributed by atoms with E-state index in [9.17, 15) is 0 Å². The number of para-hydroxylation sites is 6. The second kappa shape index (κ2) is 12.7. The number of benzene rings is 9. The summed E-state index contributed by atoms with van der Waals surface area (Å²) >= 11 is 0. The third kappa shape index (κ3) is 4.56. The maximum atomic E-state index is 7.16. The molecule has 0 bridgehead atoms. The molecule has 0 N–H and O–H groups in total. The van der Waals surface area contributed by atoms with Crippen molar-refractivity contribution >= 4 is 38.9 Å². The average molecular weight is 741 g/mol. The summed E-state index contributed by atoms with van der Waals surface area (Å²) < 4.78 is 9.53. The van der Waals surface area contributed by atoms with Gasteiger partial charge in [-0.1, -0.05) is 158 Å². The fourth-order valence-electron chi connectivity index (χ4n) is 9.95. The van der Waals surface area contributed by atoms with E-state index in [0.717, 1.165) is 50.9 Å². The Morgan fingerprint density at radius 1 is 0.379 bits per heavy atom. The third-order valence-corrected chi connectivity index (χ3v) is 12.3. The largest absolute Gasteiger partial charge is 0.456 e. The maximum absolute atomic E-state index is 7.16. The van der Waals surface area contributed by atoms with Crippen molar-refractivity contribution in [3.8, 4) is 39.4 Å². The fourth-order valence-corrected chi connectivity index (χ4v) is 9.95. The number of fused-ring (bicyclic) bond motifs is 12. The SMILES string of the molecule is c1ccc(N(c2ccc3c(c2)c2ccccc2n3-c2ccccc2)c2ccccc2-c2cccc3c2Oc2ccccc2C32c3ccccc3-c3ccccc32)cc1. The van der Waals surface area contributed by atoms with Crippen LogP contribution in [-0.4, -0.2) is 4.57 Å². The molecule has 1 aliphatic heterocycles. The van der Waals surface area contributed by atoms with Crippen molar-refractivity contribution in [2.45, 2.75) is 5.41 Å². The highest BCUT2D eigenvalue weighted by molar-refractivity contribution is 6.11. The van der Waals surface area contributed by atoms with Gasteiger partial charge in [-0.3, -0.25) is 0 Å². The molecule has 3 nitrogen and oxygen atoms in total. The summed E-state index contributed by atoms with van der Waals surface area (Å²) in [5.74, 6) is 1.76. The molecule has 1 aliphatic carbocycles. The van der Waals surface area contributed by atoms with E-state index in [1.54, 1.807) is 0 Å². The molecule has 2 heterocycles. The molecule has 0 saturated carbocycles. The van der Waals surface area contributed by atoms with Crippen LogP contribution >= 0.6 is 0 Å². The Bertz CT molecular complexity index is 3170. The summed E-state index contributed by atoms with van der Waals surface area (Å²) in [5.41, 5.74) is 15.7. The van der Waals surface area contributed by atoms with E-state index in [1.807, 2.05) is 0 Å². The molecular formula is C55H36N2O. The molecule has 58 heavy (non-hydrogen) atoms. The minimum Gasteiger partial charge on any atom is -0.456 e. The predicted molar refractivity (Wildman–Crippen MR) is 238 cm³/mol. The molecule has 0 radical (unpaired) electrons. The summed E-state index contributed by atoms with van der Waals surface area (Å²) in [6.45, 7) is 0. The first-order valence-corrected chi connectivity index (χ1v) is 19.9. The van der Waals surface area contributed by atoms with Crippen LogP contribution < -0.4 is 9.64 Å². The van der Waals surface area contributed by atoms with Gasteiger partial charge in [0, 0.05) is 50.1 Å². The van der Waals surface area contributed by atoms with Gasteiger partial charge in [0.2, 0.25) is 0 Å². The van der Waals surface area contributed by atoms with E-state index < -0.39 is 5.41 Å². The van der Waals surface area contributed by atoms with Crippen LogP contribution in [0.2, 0.25) is 0 Å². The van der Waals surface area contributed by atoms with Crippen molar-refractivity contribution in [3.63, 3.8) is 0 Å². The normalized spacial score (nSPS) is 13.1. The standard InChI is InChI=1S/C55H36N2O/c1-3-18-37(19-4-1)56(39-34-35-52-45(36-39)43-25-10-15-32-51(43)57(52)38-20-5-2-6-21-38)50-31-14-9-24-42(50)44-26-17-30-49-54(44)58-53-33-16-13-29-48(53)55(49)46-27-11-7-22-40(46)41-23-8-12-28-47(41)55/h1-36H. The first-order valence-electron chi connectivity index (χ1n) is 19.9. The van der Waals surface area contributed by atoms with Gasteiger partial charge in [-0.15, -0.1) is 0 Å². The van der Waals surface area contributed by atoms with Crippen molar-refractivity contribution in [2.24, 2.45) is 0 Å². The Morgan fingerprint density at radius 3 is 1.72 bits per heavy atom. The van der Waals surface area contributed by atoms with Gasteiger partial charge in [0.25, 0.3) is 0 Å². The van der Waals surface area contributed by atoms with Gasteiger partial charge in [-0.2, -0.15) is 0 Å². The van der Waals surface area contributed by atoms with Crippen LogP contribution in [0, 0.1) is 0 Å². The summed E-state index contributed by atoms with van der Waals surface area (Å²) in [5, 5.41) is 2.42. The number of rotatable bonds is 5. The van der Waals surface area contributed by atoms with Gasteiger partial charge in [-0.05, 0) is 82.9 Å². The number of hydrogen-bond acceptors (Lipinski definition) is 2. The van der Waals surface area contributed by atoms with Crippen LogP contribution in [0.3, 0.4) is 0 Å². The lowest BCUT2D eigenvalue weighted by Crippen LogP contribution is -2.32. The first kappa shape index (κ1) is 32.6. The molecule has 2 aliphatic rings. The van der Waals surface area contributed by atoms with Crippen LogP contribution in [0.1, 0.15) is 22.3 Å². The van der Waals surface area contributed by atoms with Crippen LogP contribution in [0.5, 0.6) is 11.5 Å². The Hall–Kier alpha value is -7.62. The van der Waals surface area contributed by atoms with Gasteiger partial charge in [0.1, 0.15) is 11.5 Å². The number of nitrogens with zero attached hydrogens (tertiary/aromatic N) is 2. The van der Waals surface area contributed by atoms with Gasteiger partial charge < -0.3 is 14.2 Å². The third-order valence-electron chi connectivity index (χ3n) is 12.3. The van der Waals surface area contributed by atoms with E-state index in [4.69, 9.17) is 4.74 Å². The van der Waals surface area contributed by atoms with Gasteiger partial charge in [0.05, 0.1) is 22.1 Å². The van der Waals surface area contributed by atoms with Crippen molar-refractivity contribution < 1.29 is 4.74 Å². The molecule has 0 amide bonds. The second-order valence-electron chi connectivity index (χ2n) is 15.2. The summed E-state index contributed by atoms with van der Waals surface area (Å²) in [6.07, 6.45) is 0. The lowest BCUT2D eigenvalue weighted by molar-refractivity contribution is 0.438. The van der Waals surface area contributed by atoms with E-state index >= 15 is 0 Å². The fraction of sp³-hybridized carbons (Fsp3) is 0.0182. The van der Waals surface area contributed by atoms with Crippen LogP contribution in [0.15, 0.2) is 218 Å². The smallest absolute Gasteiger partial charge is 0.140 e. The monoisotopic (exact) mass is 740 g/mol. The van der Waals surface area contributed by atoms with Crippen molar-refractivity contribution in [3.05, 3.63) is 241 Å². The zero-order chi connectivity index (χ0) is 38.2. The molecule has 3 heteroatoms. The van der Waals surface area contributed by atoms with Crippen LogP contribution in [0.4, 0.5) is 17.1 Å². The van der Waals surface area contributed by atoms with E-state index in [-0.39, 0.29) is 0 Å². The Labute approximate surface area is 337 Å². The van der Waals surface area contributed by atoms with Crippen LogP contribution in [-0.2, 0) is 5.41 Å². The zero-order valence-corrected chi connectivity index (χ0v) is 31.6. The van der Waals surface area contributed by atoms with Gasteiger partial charge in [-0.25, -0.2) is 0 Å². The van der Waals surface area contributed by atoms with E-state index in [0.29, 0.717) is 0 Å². The topological polar surface area (TPSA) is 17.4 Å². The molecule has 1 spiro atoms. The molecule has 12 rings (SSSR count). The van der Waals surface area contributed by atoms with Crippen molar-refractivity contribution in [1.82, 2.24) is 4.57 Å². The van der Waals surface area contributed by atoms with Crippen molar-refractivity contribution in [1.29, 1.82) is 0 Å². The highest BCUT2D eigenvalue weighted by atomic mass is 16.5. The molecule has 9 aromatic carbocycles. The number of aromatic nitrogens is 1. The lowest BCUT2D eigenvalue weighted by atomic mass is 9.65. The summed E-state index contributed by atoms with van der Waals surface area (Å²) in [6, 6.07) is 78.9. The predicted octanol–water partition coefficient (Wildman–Crippen LogP) is 14.4. The highest BCUT2D eigenvalue weighted by Crippen LogP contribution is 2.63. The first-order chi connectivity index (χ1) is 28.8. The number of anilines is 3. The molecule has 0 atom stereocenters. The lowest BCUT2D eigenvalue weighted by Gasteiger charge is -2.40.